The zero-order valence-corrected chi connectivity index (χ0v) is 41.2. The first kappa shape index (κ1) is 51.6. The number of aliphatic hydroxyl groups excluding tert-OH is 1. The molecule has 12 heteroatoms. The normalized spacial score (nSPS) is 14.9. The number of halogens is 4. The number of fused-ring (bicyclic) bond motifs is 2. The molecule has 2 aliphatic rings. The van der Waals surface area contributed by atoms with E-state index in [1.54, 1.807) is 84.9 Å². The molecule has 1 unspecified atom stereocenters. The van der Waals surface area contributed by atoms with Crippen molar-refractivity contribution in [2.24, 2.45) is 0 Å². The van der Waals surface area contributed by atoms with Gasteiger partial charge in [-0.15, -0.1) is 0 Å². The van der Waals surface area contributed by atoms with Gasteiger partial charge in [-0.05, 0) is 193 Å². The number of hydrogen-bond acceptors (Lipinski definition) is 8. The molecule has 2 heterocycles. The van der Waals surface area contributed by atoms with Crippen molar-refractivity contribution in [3.05, 3.63) is 191 Å². The molecule has 0 aromatic heterocycles. The minimum Gasteiger partial charge on any atom is -0.508 e. The largest absolute Gasteiger partial charge is 0.508 e. The maximum absolute atomic E-state index is 14.8. The minimum atomic E-state index is -1.11. The second-order valence-corrected chi connectivity index (χ2v) is 19.1. The molecule has 1 atom stereocenters. The average molecular weight is 1010 g/mol. The van der Waals surface area contributed by atoms with Crippen LogP contribution < -0.4 is 9.47 Å². The third-order valence-corrected chi connectivity index (χ3v) is 14.0. The summed E-state index contributed by atoms with van der Waals surface area (Å²) in [5.41, 5.74) is 2.44. The number of ether oxygens (including phenoxy) is 2. The molecule has 2 saturated heterocycles. The molecule has 382 valence electrons. The lowest BCUT2D eigenvalue weighted by atomic mass is 9.88. The molecule has 0 saturated carbocycles. The first-order valence-electron chi connectivity index (χ1n) is 25.5. The fourth-order valence-corrected chi connectivity index (χ4v) is 10.1. The maximum Gasteiger partial charge on any atom is 0.194 e. The van der Waals surface area contributed by atoms with Gasteiger partial charge in [-0.25, -0.2) is 17.6 Å². The van der Waals surface area contributed by atoms with Gasteiger partial charge in [-0.1, -0.05) is 68.1 Å². The molecule has 8 aromatic carbocycles. The van der Waals surface area contributed by atoms with Crippen molar-refractivity contribution >= 4 is 27.3 Å². The molecule has 2 fully saturated rings. The Bertz CT molecular complexity index is 3210. The minimum absolute atomic E-state index is 0.00629. The van der Waals surface area contributed by atoms with Gasteiger partial charge in [0.15, 0.2) is 5.78 Å². The van der Waals surface area contributed by atoms with E-state index in [4.69, 9.17) is 9.47 Å². The lowest BCUT2D eigenvalue weighted by Crippen LogP contribution is -2.29. The standard InChI is InChI=1S/C31H31F2NO3.C31H29F2NO3/c2*32-23-8-14-29(33)28(20-23)27-12-7-22-19-24(35)9-13-26(22)30(27)31(36)21-5-10-25(11-6-21)37-18-17-34-15-3-1-2-4-16-34/h5-14,19-20,31,35-36H,1-4,15-18H2;5-14,19-20,35H,1-4,15-18H2. The number of carbonyl (C=O) groups is 1. The van der Waals surface area contributed by atoms with Crippen LogP contribution >= 0.6 is 0 Å². The molecule has 3 N–H and O–H groups in total. The average Bonchev–Trinajstić information content (AvgIpc) is 3.85. The Morgan fingerprint density at radius 3 is 1.47 bits per heavy atom. The highest BCUT2D eigenvalue weighted by Crippen LogP contribution is 2.40. The maximum atomic E-state index is 14.8. The van der Waals surface area contributed by atoms with Gasteiger partial charge in [-0.2, -0.15) is 0 Å². The van der Waals surface area contributed by atoms with E-state index in [2.05, 4.69) is 9.80 Å². The highest BCUT2D eigenvalue weighted by molar-refractivity contribution is 6.20. The van der Waals surface area contributed by atoms with Crippen LogP contribution in [0.25, 0.3) is 43.8 Å². The zero-order chi connectivity index (χ0) is 51.6. The number of carbonyl (C=O) groups excluding carboxylic acids is 1. The van der Waals surface area contributed by atoms with Crippen LogP contribution in [0.15, 0.2) is 146 Å². The topological polar surface area (TPSA) is 103 Å². The van der Waals surface area contributed by atoms with E-state index in [1.807, 2.05) is 12.1 Å². The first-order chi connectivity index (χ1) is 36.0. The third-order valence-electron chi connectivity index (χ3n) is 14.0. The Kier molecular flexibility index (Phi) is 16.9. The van der Waals surface area contributed by atoms with Crippen LogP contribution in [-0.4, -0.2) is 83.4 Å². The smallest absolute Gasteiger partial charge is 0.194 e. The Hall–Kier alpha value is -7.25. The number of aliphatic hydroxyl groups is 1. The van der Waals surface area contributed by atoms with Gasteiger partial charge in [-0.3, -0.25) is 14.6 Å². The van der Waals surface area contributed by atoms with Gasteiger partial charge < -0.3 is 24.8 Å². The molecular formula is C62H60F4N2O6. The quantitative estimate of drug-likeness (QED) is 0.0731. The van der Waals surface area contributed by atoms with Crippen LogP contribution in [0.3, 0.4) is 0 Å². The van der Waals surface area contributed by atoms with E-state index in [-0.39, 0.29) is 39.5 Å². The number of aromatic hydroxyl groups is 2. The molecule has 0 bridgehead atoms. The van der Waals surface area contributed by atoms with E-state index >= 15 is 0 Å². The molecule has 8 nitrogen and oxygen atoms in total. The molecule has 0 amide bonds. The zero-order valence-electron chi connectivity index (χ0n) is 41.2. The number of nitrogens with zero attached hydrogens (tertiary/aromatic N) is 2. The second kappa shape index (κ2) is 24.2. The van der Waals surface area contributed by atoms with Gasteiger partial charge in [0, 0.05) is 40.9 Å². The highest BCUT2D eigenvalue weighted by Gasteiger charge is 2.24. The summed E-state index contributed by atoms with van der Waals surface area (Å²) in [5.74, 6) is -1.17. The van der Waals surface area contributed by atoms with Crippen molar-refractivity contribution in [3.8, 4) is 45.3 Å². The number of rotatable bonds is 14. The fraction of sp³-hybridized carbons (Fsp3) is 0.274. The summed E-state index contributed by atoms with van der Waals surface area (Å²) in [6, 6.07) is 36.7. The Balaban J connectivity index is 0.000000182. The second-order valence-electron chi connectivity index (χ2n) is 19.1. The molecule has 0 spiro atoms. The fourth-order valence-electron chi connectivity index (χ4n) is 10.1. The van der Waals surface area contributed by atoms with Crippen LogP contribution in [0.2, 0.25) is 0 Å². The van der Waals surface area contributed by atoms with E-state index in [0.717, 1.165) is 75.7 Å². The lowest BCUT2D eigenvalue weighted by Gasteiger charge is -2.21. The van der Waals surface area contributed by atoms with Crippen molar-refractivity contribution in [2.45, 2.75) is 57.5 Å². The summed E-state index contributed by atoms with van der Waals surface area (Å²) in [6.07, 6.45) is 8.99. The van der Waals surface area contributed by atoms with E-state index in [9.17, 15) is 37.7 Å². The molecule has 8 aromatic rings. The van der Waals surface area contributed by atoms with Crippen LogP contribution in [-0.2, 0) is 0 Å². The van der Waals surface area contributed by atoms with Crippen LogP contribution in [0, 0.1) is 23.3 Å². The van der Waals surface area contributed by atoms with Crippen LogP contribution in [0.5, 0.6) is 23.0 Å². The Labute approximate surface area is 429 Å². The molecule has 0 aliphatic carbocycles. The van der Waals surface area contributed by atoms with Crippen molar-refractivity contribution in [2.75, 3.05) is 52.5 Å². The van der Waals surface area contributed by atoms with Crippen molar-refractivity contribution in [3.63, 3.8) is 0 Å². The van der Waals surface area contributed by atoms with Crippen LogP contribution in [0.1, 0.15) is 84.5 Å². The first-order valence-corrected chi connectivity index (χ1v) is 25.5. The van der Waals surface area contributed by atoms with Crippen LogP contribution in [0.4, 0.5) is 17.6 Å². The SMILES string of the molecule is O=C(c1ccc(OCCN2CCCCCC2)cc1)c1c(-c2cc(F)ccc2F)ccc2cc(O)ccc12.Oc1ccc2c(C(O)c3ccc(OCCN4CCCCCC4)cc3)c(-c3cc(F)ccc3F)ccc2c1. The molecule has 10 rings (SSSR count). The number of benzene rings is 8. The Morgan fingerprint density at radius 2 is 0.946 bits per heavy atom. The van der Waals surface area contributed by atoms with Crippen molar-refractivity contribution < 1.29 is 47.1 Å². The van der Waals surface area contributed by atoms with E-state index in [0.29, 0.717) is 68.5 Å². The van der Waals surface area contributed by atoms with Gasteiger partial charge in [0.1, 0.15) is 65.6 Å². The molecule has 0 radical (unpaired) electrons. The van der Waals surface area contributed by atoms with Crippen molar-refractivity contribution in [1.82, 2.24) is 9.80 Å². The van der Waals surface area contributed by atoms with E-state index < -0.39 is 29.4 Å². The number of likely N-dealkylation sites (tertiary alicyclic amines) is 2. The van der Waals surface area contributed by atoms with E-state index in [1.165, 1.54) is 63.5 Å². The number of ketones is 1. The number of phenolic OH excluding ortho intramolecular Hbond substituents is 2. The molecule has 2 aliphatic heterocycles. The van der Waals surface area contributed by atoms with Gasteiger partial charge in [0.25, 0.3) is 0 Å². The predicted octanol–water partition coefficient (Wildman–Crippen LogP) is 13.8. The summed E-state index contributed by atoms with van der Waals surface area (Å²) in [7, 11) is 0. The monoisotopic (exact) mass is 1000 g/mol. The van der Waals surface area contributed by atoms with Gasteiger partial charge in [0.2, 0.25) is 0 Å². The Morgan fingerprint density at radius 1 is 0.486 bits per heavy atom. The third kappa shape index (κ3) is 12.6. The molecular weight excluding hydrogens is 945 g/mol. The lowest BCUT2D eigenvalue weighted by molar-refractivity contribution is 0.104. The summed E-state index contributed by atoms with van der Waals surface area (Å²) in [5, 5.41) is 33.9. The molecule has 74 heavy (non-hydrogen) atoms. The highest BCUT2D eigenvalue weighted by atomic mass is 19.1. The van der Waals surface area contributed by atoms with Crippen molar-refractivity contribution in [1.29, 1.82) is 0 Å². The summed E-state index contributed by atoms with van der Waals surface area (Å²) in [6.45, 7) is 7.36. The summed E-state index contributed by atoms with van der Waals surface area (Å²) >= 11 is 0. The predicted molar refractivity (Wildman–Crippen MR) is 283 cm³/mol. The van der Waals surface area contributed by atoms with Gasteiger partial charge in [0.05, 0.1) is 0 Å². The summed E-state index contributed by atoms with van der Waals surface area (Å²) in [4.78, 5) is 18.6. The number of phenols is 2. The summed E-state index contributed by atoms with van der Waals surface area (Å²) < 4.78 is 69.5. The number of hydrogen-bond donors (Lipinski definition) is 3. The van der Waals surface area contributed by atoms with Gasteiger partial charge >= 0.3 is 0 Å².